The summed E-state index contributed by atoms with van der Waals surface area (Å²) < 4.78 is 0. The molecular weight excluding hydrogens is 425 g/mol. The quantitative estimate of drug-likeness (QED) is 0.326. The largest absolute Gasteiger partial charge is 0.380 e. The minimum absolute atomic E-state index is 0. The van der Waals surface area contributed by atoms with Gasteiger partial charge in [-0.25, -0.2) is 0 Å². The van der Waals surface area contributed by atoms with Gasteiger partial charge in [-0.1, -0.05) is 38.1 Å². The molecule has 1 heterocycles. The molecule has 1 unspecified atom stereocenters. The van der Waals surface area contributed by atoms with Gasteiger partial charge < -0.3 is 16.4 Å². The highest BCUT2D eigenvalue weighted by Crippen LogP contribution is 2.12. The van der Waals surface area contributed by atoms with Crippen LogP contribution in [0.4, 0.5) is 5.69 Å². The number of pyridine rings is 1. The standard InChI is InChI=1S/C19H27N5.HI/c1-15(2)18(24-17-9-4-3-5-10-17)14-23-19(20)22-13-11-16-8-6-7-12-21-16;/h3-10,12,15,18,24H,11,13-14H2,1-2H3,(H3,20,22,23);1H. The maximum atomic E-state index is 5.97. The molecule has 1 atom stereocenters. The van der Waals surface area contributed by atoms with E-state index in [1.54, 1.807) is 6.20 Å². The first-order chi connectivity index (χ1) is 11.6. The van der Waals surface area contributed by atoms with Gasteiger partial charge in [0.1, 0.15) is 0 Å². The first kappa shape index (κ1) is 21.2. The number of nitrogens with one attached hydrogen (secondary N) is 2. The van der Waals surface area contributed by atoms with Crippen LogP contribution in [-0.2, 0) is 6.42 Å². The van der Waals surface area contributed by atoms with E-state index in [1.807, 2.05) is 36.4 Å². The molecular formula is C19H28IN5. The van der Waals surface area contributed by atoms with Crippen LogP contribution in [-0.4, -0.2) is 30.1 Å². The van der Waals surface area contributed by atoms with Gasteiger partial charge in [0, 0.05) is 36.6 Å². The predicted molar refractivity (Wildman–Crippen MR) is 117 cm³/mol. The number of hydrogen-bond donors (Lipinski definition) is 3. The highest BCUT2D eigenvalue weighted by Gasteiger charge is 2.12. The first-order valence-corrected chi connectivity index (χ1v) is 8.40. The molecule has 0 amide bonds. The highest BCUT2D eigenvalue weighted by molar-refractivity contribution is 14.0. The molecule has 0 saturated heterocycles. The molecule has 1 aromatic carbocycles. The van der Waals surface area contributed by atoms with Crippen molar-refractivity contribution in [1.82, 2.24) is 10.3 Å². The fourth-order valence-electron chi connectivity index (χ4n) is 2.29. The molecule has 2 rings (SSSR count). The van der Waals surface area contributed by atoms with Gasteiger partial charge in [-0.3, -0.25) is 9.98 Å². The van der Waals surface area contributed by atoms with Gasteiger partial charge in [0.05, 0.1) is 6.54 Å². The zero-order chi connectivity index (χ0) is 17.2. The molecule has 0 fully saturated rings. The number of rotatable bonds is 8. The van der Waals surface area contributed by atoms with E-state index in [1.165, 1.54) is 0 Å². The number of aromatic nitrogens is 1. The zero-order valence-electron chi connectivity index (χ0n) is 14.9. The lowest BCUT2D eigenvalue weighted by Crippen LogP contribution is -2.36. The number of para-hydroxylation sites is 1. The number of benzene rings is 1. The summed E-state index contributed by atoms with van der Waals surface area (Å²) in [6.07, 6.45) is 2.63. The summed E-state index contributed by atoms with van der Waals surface area (Å²) in [5.41, 5.74) is 8.12. The molecule has 4 N–H and O–H groups in total. The van der Waals surface area contributed by atoms with Gasteiger partial charge in [0.2, 0.25) is 0 Å². The molecule has 0 spiro atoms. The zero-order valence-corrected chi connectivity index (χ0v) is 17.2. The van der Waals surface area contributed by atoms with E-state index in [4.69, 9.17) is 5.73 Å². The molecule has 0 radical (unpaired) electrons. The second kappa shape index (κ2) is 11.7. The Morgan fingerprint density at radius 1 is 1.12 bits per heavy atom. The second-order valence-corrected chi connectivity index (χ2v) is 6.08. The van der Waals surface area contributed by atoms with Crippen LogP contribution in [0.3, 0.4) is 0 Å². The lowest BCUT2D eigenvalue weighted by molar-refractivity contribution is 0.531. The number of guanidine groups is 1. The molecule has 136 valence electrons. The summed E-state index contributed by atoms with van der Waals surface area (Å²) >= 11 is 0. The number of hydrogen-bond acceptors (Lipinski definition) is 3. The monoisotopic (exact) mass is 453 g/mol. The van der Waals surface area contributed by atoms with Crippen molar-refractivity contribution in [2.24, 2.45) is 16.6 Å². The Kier molecular flexibility index (Phi) is 9.91. The van der Waals surface area contributed by atoms with Gasteiger partial charge >= 0.3 is 0 Å². The first-order valence-electron chi connectivity index (χ1n) is 8.40. The Balaban J connectivity index is 0.00000312. The van der Waals surface area contributed by atoms with E-state index in [9.17, 15) is 0 Å². The Labute approximate surface area is 167 Å². The molecule has 0 aliphatic heterocycles. The van der Waals surface area contributed by atoms with Crippen molar-refractivity contribution >= 4 is 35.6 Å². The van der Waals surface area contributed by atoms with Gasteiger partial charge in [-0.2, -0.15) is 0 Å². The fourth-order valence-corrected chi connectivity index (χ4v) is 2.29. The summed E-state index contributed by atoms with van der Waals surface area (Å²) in [6.45, 7) is 5.72. The van der Waals surface area contributed by atoms with E-state index < -0.39 is 0 Å². The summed E-state index contributed by atoms with van der Waals surface area (Å²) in [5.74, 6) is 0.932. The Morgan fingerprint density at radius 3 is 2.48 bits per heavy atom. The van der Waals surface area contributed by atoms with Crippen molar-refractivity contribution in [1.29, 1.82) is 0 Å². The molecule has 2 aromatic rings. The van der Waals surface area contributed by atoms with Crippen molar-refractivity contribution < 1.29 is 0 Å². The number of anilines is 1. The third-order valence-corrected chi connectivity index (χ3v) is 3.80. The summed E-state index contributed by atoms with van der Waals surface area (Å²) in [6, 6.07) is 16.3. The average molecular weight is 453 g/mol. The minimum atomic E-state index is 0. The highest BCUT2D eigenvalue weighted by atomic mass is 127. The normalized spacial score (nSPS) is 12.4. The average Bonchev–Trinajstić information content (AvgIpc) is 2.60. The van der Waals surface area contributed by atoms with Crippen molar-refractivity contribution in [3.05, 3.63) is 60.4 Å². The van der Waals surface area contributed by atoms with Crippen LogP contribution in [0.1, 0.15) is 19.5 Å². The molecule has 0 saturated carbocycles. The lowest BCUT2D eigenvalue weighted by atomic mass is 10.0. The molecule has 25 heavy (non-hydrogen) atoms. The fraction of sp³-hybridized carbons (Fsp3) is 0.368. The lowest BCUT2D eigenvalue weighted by Gasteiger charge is -2.22. The van der Waals surface area contributed by atoms with Gasteiger partial charge in [-0.05, 0) is 30.2 Å². The SMILES string of the molecule is CC(C)C(CN=C(N)NCCc1ccccn1)Nc1ccccc1.I. The molecule has 6 heteroatoms. The van der Waals surface area contributed by atoms with Crippen molar-refractivity contribution in [3.8, 4) is 0 Å². The molecule has 0 bridgehead atoms. The second-order valence-electron chi connectivity index (χ2n) is 6.08. The molecule has 1 aromatic heterocycles. The van der Waals surface area contributed by atoms with Crippen LogP contribution in [0.15, 0.2) is 59.7 Å². The van der Waals surface area contributed by atoms with Crippen molar-refractivity contribution in [2.45, 2.75) is 26.3 Å². The molecule has 0 aliphatic carbocycles. The smallest absolute Gasteiger partial charge is 0.188 e. The number of aliphatic imine (C=N–C) groups is 1. The van der Waals surface area contributed by atoms with Gasteiger partial charge in [0.15, 0.2) is 5.96 Å². The van der Waals surface area contributed by atoms with Gasteiger partial charge in [0.25, 0.3) is 0 Å². The third kappa shape index (κ3) is 8.20. The minimum Gasteiger partial charge on any atom is -0.380 e. The molecule has 0 aliphatic rings. The van der Waals surface area contributed by atoms with Crippen molar-refractivity contribution in [3.63, 3.8) is 0 Å². The Morgan fingerprint density at radius 2 is 1.84 bits per heavy atom. The van der Waals surface area contributed by atoms with E-state index in [0.29, 0.717) is 18.4 Å². The van der Waals surface area contributed by atoms with Crippen LogP contribution in [0.2, 0.25) is 0 Å². The summed E-state index contributed by atoms with van der Waals surface area (Å²) in [7, 11) is 0. The van der Waals surface area contributed by atoms with Crippen LogP contribution >= 0.6 is 24.0 Å². The Hall–Kier alpha value is -1.83. The van der Waals surface area contributed by atoms with Crippen LogP contribution < -0.4 is 16.4 Å². The number of nitrogens with zero attached hydrogens (tertiary/aromatic N) is 2. The number of halogens is 1. The third-order valence-electron chi connectivity index (χ3n) is 3.80. The summed E-state index contributed by atoms with van der Waals surface area (Å²) in [4.78, 5) is 8.76. The number of nitrogens with two attached hydrogens (primary N) is 1. The van der Waals surface area contributed by atoms with E-state index in [0.717, 1.165) is 24.3 Å². The van der Waals surface area contributed by atoms with Crippen LogP contribution in [0, 0.1) is 5.92 Å². The molecule has 5 nitrogen and oxygen atoms in total. The van der Waals surface area contributed by atoms with Crippen LogP contribution in [0.5, 0.6) is 0 Å². The van der Waals surface area contributed by atoms with E-state index >= 15 is 0 Å². The Bertz CT molecular complexity index is 616. The van der Waals surface area contributed by atoms with E-state index in [2.05, 4.69) is 46.6 Å². The van der Waals surface area contributed by atoms with Crippen molar-refractivity contribution in [2.75, 3.05) is 18.4 Å². The van der Waals surface area contributed by atoms with Crippen LogP contribution in [0.25, 0.3) is 0 Å². The van der Waals surface area contributed by atoms with E-state index in [-0.39, 0.29) is 30.0 Å². The predicted octanol–water partition coefficient (Wildman–Crippen LogP) is 3.28. The maximum Gasteiger partial charge on any atom is 0.188 e. The topological polar surface area (TPSA) is 75.3 Å². The summed E-state index contributed by atoms with van der Waals surface area (Å²) in [5, 5.41) is 6.66. The maximum absolute atomic E-state index is 5.97. The van der Waals surface area contributed by atoms with Gasteiger partial charge in [-0.15, -0.1) is 24.0 Å².